The molecule has 0 atom stereocenters. The molecule has 0 aliphatic rings. The molecule has 0 aliphatic carbocycles. The van der Waals surface area contributed by atoms with Crippen LogP contribution in [0.15, 0.2) is 22.8 Å². The number of thioether (sulfide) groups is 2. The van der Waals surface area contributed by atoms with Crippen molar-refractivity contribution in [2.24, 2.45) is 10.9 Å². The Hall–Kier alpha value is -2.69. The quantitative estimate of drug-likeness (QED) is 0.0388. The van der Waals surface area contributed by atoms with Crippen molar-refractivity contribution in [3.8, 4) is 0 Å². The number of nitrogens with zero attached hydrogens (tertiary/aromatic N) is 4. The fourth-order valence-corrected chi connectivity index (χ4v) is 6.50. The number of nitrogens with one attached hydrogen (secondary N) is 6. The first-order chi connectivity index (χ1) is 19.3. The first-order valence-corrected chi connectivity index (χ1v) is 17.3. The van der Waals surface area contributed by atoms with Crippen LogP contribution in [0.1, 0.15) is 22.8 Å². The molecule has 0 unspecified atom stereocenters. The minimum atomic E-state index is -3.86. The number of hydrogen-bond acceptors (Lipinski definition) is 15. The smallest absolute Gasteiger partial charge is 0.297 e. The van der Waals surface area contributed by atoms with Crippen LogP contribution in [-0.4, -0.2) is 79.2 Å². The topological polar surface area (TPSA) is 254 Å². The van der Waals surface area contributed by atoms with Gasteiger partial charge in [-0.25, -0.2) is 15.1 Å². The molecule has 41 heavy (non-hydrogen) atoms. The van der Waals surface area contributed by atoms with Crippen LogP contribution in [0.3, 0.4) is 0 Å². The highest BCUT2D eigenvalue weighted by atomic mass is 32.2. The van der Waals surface area contributed by atoms with Gasteiger partial charge >= 0.3 is 0 Å². The third kappa shape index (κ3) is 19.1. The molecule has 2 aromatic heterocycles. The molecule has 10 N–H and O–H groups in total. The molecule has 0 fully saturated rings. The van der Waals surface area contributed by atoms with E-state index in [9.17, 15) is 18.5 Å². The molecular formula is C20H36N12O4S5. The normalized spacial score (nSPS) is 11.4. The van der Waals surface area contributed by atoms with E-state index < -0.39 is 15.1 Å². The van der Waals surface area contributed by atoms with E-state index in [2.05, 4.69) is 36.2 Å². The summed E-state index contributed by atoms with van der Waals surface area (Å²) in [6, 6.07) is 0. The summed E-state index contributed by atoms with van der Waals surface area (Å²) in [5.74, 6) is 3.02. The molecule has 0 bridgehead atoms. The Morgan fingerprint density at radius 3 is 2.39 bits per heavy atom. The van der Waals surface area contributed by atoms with Gasteiger partial charge in [0.05, 0.1) is 16.3 Å². The highest BCUT2D eigenvalue weighted by Crippen LogP contribution is 2.20. The molecule has 21 heteroatoms. The first kappa shape index (κ1) is 36.3. The average molecular weight is 669 g/mol. The van der Waals surface area contributed by atoms with Crippen LogP contribution in [0, 0.1) is 20.9 Å². The van der Waals surface area contributed by atoms with E-state index in [4.69, 9.17) is 21.7 Å². The zero-order valence-electron chi connectivity index (χ0n) is 22.8. The average Bonchev–Trinajstić information content (AvgIpc) is 3.48. The monoisotopic (exact) mass is 668 g/mol. The van der Waals surface area contributed by atoms with E-state index in [0.717, 1.165) is 40.6 Å². The van der Waals surface area contributed by atoms with E-state index in [1.165, 1.54) is 23.1 Å². The van der Waals surface area contributed by atoms with Crippen molar-refractivity contribution in [1.29, 1.82) is 10.8 Å². The summed E-state index contributed by atoms with van der Waals surface area (Å²) < 4.78 is 23.2. The second-order valence-electron chi connectivity index (χ2n) is 8.14. The molecule has 0 amide bonds. The Kier molecular flexibility index (Phi) is 17.2. The molecular weight excluding hydrogens is 633 g/mol. The van der Waals surface area contributed by atoms with Crippen LogP contribution < -0.4 is 31.5 Å². The number of thiazole rings is 2. The Labute approximate surface area is 255 Å². The van der Waals surface area contributed by atoms with Crippen molar-refractivity contribution in [3.63, 3.8) is 0 Å². The van der Waals surface area contributed by atoms with E-state index in [0.29, 0.717) is 29.0 Å². The van der Waals surface area contributed by atoms with Crippen molar-refractivity contribution < 1.29 is 13.3 Å². The van der Waals surface area contributed by atoms with Gasteiger partial charge in [0.2, 0.25) is 0 Å². The number of guanidine groups is 1. The molecule has 2 rings (SSSR count). The van der Waals surface area contributed by atoms with E-state index in [1.807, 2.05) is 24.2 Å². The molecule has 0 radical (unpaired) electrons. The molecule has 0 spiro atoms. The lowest BCUT2D eigenvalue weighted by molar-refractivity contribution is -0.404. The van der Waals surface area contributed by atoms with E-state index in [-0.39, 0.29) is 18.2 Å². The van der Waals surface area contributed by atoms with E-state index in [1.54, 1.807) is 30.1 Å². The molecule has 0 saturated carbocycles. The number of nitrogens with two attached hydrogens (primary N) is 2. The Bertz CT molecular complexity index is 1250. The van der Waals surface area contributed by atoms with Gasteiger partial charge in [-0.1, -0.05) is 0 Å². The molecule has 2 aromatic rings. The summed E-state index contributed by atoms with van der Waals surface area (Å²) >= 11 is 6.29. The van der Waals surface area contributed by atoms with Gasteiger partial charge in [-0.2, -0.15) is 31.9 Å². The van der Waals surface area contributed by atoms with Gasteiger partial charge in [0.25, 0.3) is 16.4 Å². The molecule has 0 aromatic carbocycles. The van der Waals surface area contributed by atoms with Gasteiger partial charge in [-0.05, 0) is 14.1 Å². The zero-order valence-corrected chi connectivity index (χ0v) is 26.9. The van der Waals surface area contributed by atoms with E-state index >= 15 is 0 Å². The lowest BCUT2D eigenvalue weighted by Gasteiger charge is -2.07. The summed E-state index contributed by atoms with van der Waals surface area (Å²) in [7, 11) is 1.85. The van der Waals surface area contributed by atoms with Crippen LogP contribution in [0.4, 0.5) is 5.13 Å². The maximum atomic E-state index is 10.7. The molecule has 2 heterocycles. The maximum Gasteiger partial charge on any atom is 0.297 e. The molecule has 230 valence electrons. The number of rotatable bonds is 17. The van der Waals surface area contributed by atoms with Crippen LogP contribution in [0.2, 0.25) is 0 Å². The second kappa shape index (κ2) is 19.4. The predicted octanol–water partition coefficient (Wildman–Crippen LogP) is 1.16. The fourth-order valence-electron chi connectivity index (χ4n) is 2.62. The van der Waals surface area contributed by atoms with Crippen LogP contribution in [0.25, 0.3) is 0 Å². The number of hydrogen-bond donors (Lipinski definition) is 8. The van der Waals surface area contributed by atoms with Gasteiger partial charge in [-0.15, -0.1) is 22.7 Å². The fraction of sp³-hybridized carbons (Fsp3) is 0.500. The summed E-state index contributed by atoms with van der Waals surface area (Å²) in [5, 5.41) is 43.5. The highest BCUT2D eigenvalue weighted by molar-refractivity contribution is 7.98. The molecule has 0 saturated heterocycles. The zero-order chi connectivity index (χ0) is 30.8. The lowest BCUT2D eigenvalue weighted by atomic mass is 10.5. The van der Waals surface area contributed by atoms with Gasteiger partial charge < -0.3 is 26.6 Å². The van der Waals surface area contributed by atoms with Crippen LogP contribution in [0.5, 0.6) is 0 Å². The first-order valence-electron chi connectivity index (χ1n) is 11.7. The van der Waals surface area contributed by atoms with Gasteiger partial charge in [0, 0.05) is 60.3 Å². The lowest BCUT2D eigenvalue weighted by Crippen LogP contribution is -2.35. The maximum absolute atomic E-state index is 10.7. The minimum absolute atomic E-state index is 0.141. The Morgan fingerprint density at radius 2 is 1.80 bits per heavy atom. The van der Waals surface area contributed by atoms with Crippen molar-refractivity contribution in [3.05, 3.63) is 49.3 Å². The van der Waals surface area contributed by atoms with Crippen LogP contribution >= 0.6 is 46.2 Å². The third-order valence-electron chi connectivity index (χ3n) is 4.17. The summed E-state index contributed by atoms with van der Waals surface area (Å²) in [6.07, 6.45) is 1.20. The minimum Gasteiger partial charge on any atom is -0.370 e. The van der Waals surface area contributed by atoms with Crippen molar-refractivity contribution in [2.75, 3.05) is 44.5 Å². The summed E-state index contributed by atoms with van der Waals surface area (Å²) in [4.78, 5) is 20.7. The predicted molar refractivity (Wildman–Crippen MR) is 170 cm³/mol. The summed E-state index contributed by atoms with van der Waals surface area (Å²) in [6.45, 7) is 1.54. The number of amidine groups is 1. The van der Waals surface area contributed by atoms with Crippen LogP contribution in [-0.2, 0) is 28.3 Å². The third-order valence-corrected chi connectivity index (χ3v) is 8.38. The van der Waals surface area contributed by atoms with Crippen molar-refractivity contribution in [1.82, 2.24) is 30.2 Å². The number of aromatic nitrogens is 2. The van der Waals surface area contributed by atoms with Gasteiger partial charge in [0.15, 0.2) is 16.9 Å². The summed E-state index contributed by atoms with van der Waals surface area (Å²) in [5.41, 5.74) is 7.11. The van der Waals surface area contributed by atoms with Gasteiger partial charge in [-0.3, -0.25) is 25.7 Å². The van der Waals surface area contributed by atoms with Gasteiger partial charge in [0.1, 0.15) is 10.8 Å². The van der Waals surface area contributed by atoms with Crippen molar-refractivity contribution >= 4 is 73.3 Å². The molecule has 16 nitrogen and oxygen atoms in total. The SMILES string of the molecule is CN/C(=C\[N+](=O)[O-])NCCSCc1csc(CN(C)C)n1.N=C(N)Nc1nc(CSCCC(=N)NS(N)(=O)=O)cs1. The second-order valence-corrected chi connectivity index (χ2v) is 13.4. The number of nitro groups is 1. The Morgan fingerprint density at radius 1 is 1.17 bits per heavy atom. The van der Waals surface area contributed by atoms with Crippen molar-refractivity contribution in [2.45, 2.75) is 24.5 Å². The Balaban J connectivity index is 0.000000410. The highest BCUT2D eigenvalue weighted by Gasteiger charge is 2.07. The number of anilines is 1. The molecule has 0 aliphatic heterocycles. The standard InChI is InChI=1S/C12H21N5O2S2.C8H15N7O2S3/c1-13-11(6-17(18)19)14-4-5-20-8-10-9-21-12(15-10)7-16(2)3;9-6(15-20(12,16)17)1-2-18-3-5-4-19-8(13-5)14-7(10)11/h6,9,13-14H,4-5,7-8H2,1-3H3;4H,1-3H2,(H2,9,15)(H2,12,16,17)(H4,10,11,13,14)/b11-6+;. The largest absolute Gasteiger partial charge is 0.370 e.